The summed E-state index contributed by atoms with van der Waals surface area (Å²) < 4.78 is 37.8. The largest absolute Gasteiger partial charge is 0.416 e. The van der Waals surface area contributed by atoms with Crippen molar-refractivity contribution >= 4 is 17.7 Å². The number of hydrogen-bond donors (Lipinski definition) is 1. The van der Waals surface area contributed by atoms with Gasteiger partial charge in [-0.2, -0.15) is 18.4 Å². The molecule has 3 nitrogen and oxygen atoms in total. The maximum Gasteiger partial charge on any atom is 0.416 e. The third-order valence-electron chi connectivity index (χ3n) is 3.94. The number of unbranched alkanes of at least 4 members (excludes halogenated alkanes) is 1. The van der Waals surface area contributed by atoms with Gasteiger partial charge in [-0.3, -0.25) is 4.79 Å². The molecule has 0 fully saturated rings. The van der Waals surface area contributed by atoms with Gasteiger partial charge in [-0.25, -0.2) is 0 Å². The van der Waals surface area contributed by atoms with Crippen LogP contribution in [-0.4, -0.2) is 5.91 Å². The van der Waals surface area contributed by atoms with Crippen LogP contribution in [0.2, 0.25) is 0 Å². The molecule has 0 unspecified atom stereocenters. The molecule has 27 heavy (non-hydrogen) atoms. The zero-order chi connectivity index (χ0) is 19.9. The van der Waals surface area contributed by atoms with E-state index >= 15 is 0 Å². The molecule has 0 saturated carbocycles. The minimum atomic E-state index is -4.43. The van der Waals surface area contributed by atoms with E-state index in [-0.39, 0.29) is 5.57 Å². The standard InChI is InChI=1S/C21H19F3N2O/c1-2-3-4-15-7-11-19(12-8-15)26-20(27)17(14-25)13-16-5-9-18(10-6-16)21(22,23)24/h5-13H,2-4H2,1H3,(H,26,27)/b17-13+. The highest BCUT2D eigenvalue weighted by atomic mass is 19.4. The molecule has 0 aliphatic heterocycles. The van der Waals surface area contributed by atoms with E-state index in [2.05, 4.69) is 12.2 Å². The summed E-state index contributed by atoms with van der Waals surface area (Å²) in [5.74, 6) is -0.612. The number of benzene rings is 2. The summed E-state index contributed by atoms with van der Waals surface area (Å²) >= 11 is 0. The number of nitriles is 1. The number of anilines is 1. The second-order valence-electron chi connectivity index (χ2n) is 6.04. The molecule has 2 aromatic carbocycles. The average molecular weight is 372 g/mol. The van der Waals surface area contributed by atoms with Gasteiger partial charge < -0.3 is 5.32 Å². The van der Waals surface area contributed by atoms with Crippen LogP contribution >= 0.6 is 0 Å². The van der Waals surface area contributed by atoms with Crippen molar-refractivity contribution in [3.63, 3.8) is 0 Å². The lowest BCUT2D eigenvalue weighted by Crippen LogP contribution is -2.13. The van der Waals surface area contributed by atoms with E-state index in [9.17, 15) is 23.2 Å². The topological polar surface area (TPSA) is 52.9 Å². The summed E-state index contributed by atoms with van der Waals surface area (Å²) in [5, 5.41) is 11.8. The normalized spacial score (nSPS) is 11.7. The molecular weight excluding hydrogens is 353 g/mol. The average Bonchev–Trinajstić information content (AvgIpc) is 2.65. The molecule has 0 heterocycles. The fraction of sp³-hybridized carbons (Fsp3) is 0.238. The van der Waals surface area contributed by atoms with Gasteiger partial charge in [0, 0.05) is 5.69 Å². The first-order valence-corrected chi connectivity index (χ1v) is 8.53. The number of nitrogens with zero attached hydrogens (tertiary/aromatic N) is 1. The van der Waals surface area contributed by atoms with E-state index in [0.29, 0.717) is 11.3 Å². The maximum absolute atomic E-state index is 12.6. The first kappa shape index (κ1) is 20.2. The number of alkyl halides is 3. The zero-order valence-electron chi connectivity index (χ0n) is 14.8. The number of hydrogen-bond acceptors (Lipinski definition) is 2. The van der Waals surface area contributed by atoms with Crippen LogP contribution in [0.4, 0.5) is 18.9 Å². The van der Waals surface area contributed by atoms with Crippen molar-refractivity contribution < 1.29 is 18.0 Å². The van der Waals surface area contributed by atoms with Crippen LogP contribution in [0.5, 0.6) is 0 Å². The quantitative estimate of drug-likeness (QED) is 0.530. The highest BCUT2D eigenvalue weighted by Gasteiger charge is 2.29. The highest BCUT2D eigenvalue weighted by molar-refractivity contribution is 6.09. The van der Waals surface area contributed by atoms with E-state index in [0.717, 1.165) is 37.0 Å². The predicted octanol–water partition coefficient (Wildman–Crippen LogP) is 5.59. The predicted molar refractivity (Wildman–Crippen MR) is 98.7 cm³/mol. The lowest BCUT2D eigenvalue weighted by Gasteiger charge is -2.07. The van der Waals surface area contributed by atoms with E-state index in [1.807, 2.05) is 12.1 Å². The summed E-state index contributed by atoms with van der Waals surface area (Å²) in [6.45, 7) is 2.11. The Morgan fingerprint density at radius 3 is 2.26 bits per heavy atom. The molecule has 0 bridgehead atoms. The second-order valence-corrected chi connectivity index (χ2v) is 6.04. The van der Waals surface area contributed by atoms with Gasteiger partial charge in [0.2, 0.25) is 0 Å². The minimum absolute atomic E-state index is 0.190. The molecule has 0 saturated heterocycles. The van der Waals surface area contributed by atoms with Crippen molar-refractivity contribution in [2.75, 3.05) is 5.32 Å². The number of carbonyl (C=O) groups excluding carboxylic acids is 1. The molecule has 2 aromatic rings. The third kappa shape index (κ3) is 6.00. The van der Waals surface area contributed by atoms with Gasteiger partial charge in [-0.15, -0.1) is 0 Å². The molecule has 0 atom stereocenters. The highest BCUT2D eigenvalue weighted by Crippen LogP contribution is 2.29. The van der Waals surface area contributed by atoms with Crippen LogP contribution in [-0.2, 0) is 17.4 Å². The van der Waals surface area contributed by atoms with Crippen molar-refractivity contribution in [2.45, 2.75) is 32.4 Å². The van der Waals surface area contributed by atoms with Gasteiger partial charge in [0.15, 0.2) is 0 Å². The van der Waals surface area contributed by atoms with E-state index in [4.69, 9.17) is 0 Å². The number of amides is 1. The molecule has 1 amide bonds. The smallest absolute Gasteiger partial charge is 0.321 e. The Hall–Kier alpha value is -3.07. The number of halogens is 3. The first-order chi connectivity index (χ1) is 12.8. The van der Waals surface area contributed by atoms with Gasteiger partial charge in [-0.1, -0.05) is 37.6 Å². The van der Waals surface area contributed by atoms with Crippen LogP contribution in [0, 0.1) is 11.3 Å². The molecule has 6 heteroatoms. The molecule has 1 N–H and O–H groups in total. The lowest BCUT2D eigenvalue weighted by molar-refractivity contribution is -0.137. The van der Waals surface area contributed by atoms with Crippen LogP contribution in [0.25, 0.3) is 6.08 Å². The summed E-state index contributed by atoms with van der Waals surface area (Å²) in [7, 11) is 0. The SMILES string of the molecule is CCCCc1ccc(NC(=O)/C(C#N)=C/c2ccc(C(F)(F)F)cc2)cc1. The molecule has 2 rings (SSSR count). The fourth-order valence-corrected chi connectivity index (χ4v) is 2.42. The number of carbonyl (C=O) groups is 1. The fourth-order valence-electron chi connectivity index (χ4n) is 2.42. The number of aryl methyl sites for hydroxylation is 1. The minimum Gasteiger partial charge on any atom is -0.321 e. The second kappa shape index (κ2) is 9.04. The molecule has 0 aromatic heterocycles. The van der Waals surface area contributed by atoms with Crippen LogP contribution in [0.15, 0.2) is 54.1 Å². The number of rotatable bonds is 6. The molecule has 140 valence electrons. The Bertz CT molecular complexity index is 845. The molecule has 0 spiro atoms. The van der Waals surface area contributed by atoms with Gasteiger partial charge in [0.1, 0.15) is 11.6 Å². The Morgan fingerprint density at radius 1 is 1.11 bits per heavy atom. The van der Waals surface area contributed by atoms with Crippen molar-refractivity contribution in [2.24, 2.45) is 0 Å². The van der Waals surface area contributed by atoms with Gasteiger partial charge in [0.05, 0.1) is 5.56 Å². The first-order valence-electron chi connectivity index (χ1n) is 8.53. The molecule has 0 radical (unpaired) electrons. The Kier molecular flexibility index (Phi) is 6.78. The Morgan fingerprint density at radius 2 is 1.74 bits per heavy atom. The van der Waals surface area contributed by atoms with Crippen LogP contribution in [0.3, 0.4) is 0 Å². The molecule has 0 aliphatic rings. The Balaban J connectivity index is 2.09. The summed E-state index contributed by atoms with van der Waals surface area (Å²) in [6, 6.07) is 13.4. The van der Waals surface area contributed by atoms with E-state index in [1.54, 1.807) is 18.2 Å². The van der Waals surface area contributed by atoms with Gasteiger partial charge in [0.25, 0.3) is 5.91 Å². The molecule has 0 aliphatic carbocycles. The number of nitrogens with one attached hydrogen (secondary N) is 1. The van der Waals surface area contributed by atoms with Gasteiger partial charge >= 0.3 is 6.18 Å². The van der Waals surface area contributed by atoms with E-state index < -0.39 is 17.6 Å². The van der Waals surface area contributed by atoms with Crippen molar-refractivity contribution in [1.29, 1.82) is 5.26 Å². The third-order valence-corrected chi connectivity index (χ3v) is 3.94. The maximum atomic E-state index is 12.6. The van der Waals surface area contributed by atoms with Crippen molar-refractivity contribution in [1.82, 2.24) is 0 Å². The van der Waals surface area contributed by atoms with Crippen molar-refractivity contribution in [3.05, 3.63) is 70.8 Å². The summed E-state index contributed by atoms with van der Waals surface area (Å²) in [6.07, 6.45) is -0.0347. The van der Waals surface area contributed by atoms with Crippen LogP contribution in [0.1, 0.15) is 36.5 Å². The monoisotopic (exact) mass is 372 g/mol. The summed E-state index contributed by atoms with van der Waals surface area (Å²) in [4.78, 5) is 12.2. The zero-order valence-corrected chi connectivity index (χ0v) is 14.8. The lowest BCUT2D eigenvalue weighted by atomic mass is 10.1. The van der Waals surface area contributed by atoms with E-state index in [1.165, 1.54) is 18.2 Å². The molecular formula is C21H19F3N2O. The Labute approximate surface area is 156 Å². The van der Waals surface area contributed by atoms with Crippen LogP contribution < -0.4 is 5.32 Å². The van der Waals surface area contributed by atoms with Gasteiger partial charge in [-0.05, 0) is 54.3 Å². The van der Waals surface area contributed by atoms with Crippen molar-refractivity contribution in [3.8, 4) is 6.07 Å². The summed E-state index contributed by atoms with van der Waals surface area (Å²) in [5.41, 5.74) is 1.07.